The van der Waals surface area contributed by atoms with Gasteiger partial charge in [-0.15, -0.1) is 0 Å². The van der Waals surface area contributed by atoms with Crippen molar-refractivity contribution >= 4 is 15.9 Å². The molecule has 0 aromatic heterocycles. The Bertz CT molecular complexity index is 134. The average Bonchev–Trinajstić information content (AvgIpc) is 2.52. The molecule has 1 aliphatic carbocycles. The Morgan fingerprint density at radius 1 is 0.500 bits per heavy atom. The van der Waals surface area contributed by atoms with E-state index in [0.717, 1.165) is 11.8 Å². The number of alkyl halides is 1. The van der Waals surface area contributed by atoms with Gasteiger partial charge in [0.05, 0.1) is 0 Å². The maximum absolute atomic E-state index is 8.59. The fourth-order valence-electron chi connectivity index (χ4n) is 2.68. The molecule has 1 aliphatic rings. The third kappa shape index (κ3) is 18.4. The summed E-state index contributed by atoms with van der Waals surface area (Å²) in [4.78, 5) is 0. The first-order valence-corrected chi connectivity index (χ1v) is 10.2. The Balaban J connectivity index is 0.000000493. The Kier molecular flexibility index (Phi) is 19.9. The minimum absolute atomic E-state index is 0.368. The smallest absolute Gasteiger partial charge is 0.0431 e. The largest absolute Gasteiger partial charge is 0.396 e. The van der Waals surface area contributed by atoms with E-state index in [9.17, 15) is 0 Å². The molecule has 1 fully saturated rings. The van der Waals surface area contributed by atoms with Gasteiger partial charge in [0.15, 0.2) is 0 Å². The number of rotatable bonds is 11. The van der Waals surface area contributed by atoms with Crippen molar-refractivity contribution in [3.8, 4) is 0 Å². The summed E-state index contributed by atoms with van der Waals surface area (Å²) in [6.07, 6.45) is 22.2. The molecule has 122 valence electrons. The van der Waals surface area contributed by atoms with Crippen molar-refractivity contribution in [1.29, 1.82) is 0 Å². The van der Waals surface area contributed by atoms with Crippen LogP contribution in [0.25, 0.3) is 0 Å². The summed E-state index contributed by atoms with van der Waals surface area (Å²) in [5.74, 6) is 0. The molecule has 0 aromatic carbocycles. The van der Waals surface area contributed by atoms with Crippen LogP contribution < -0.4 is 0 Å². The highest BCUT2D eigenvalue weighted by Gasteiger charge is 1.95. The fourth-order valence-corrected chi connectivity index (χ4v) is 3.08. The van der Waals surface area contributed by atoms with Gasteiger partial charge >= 0.3 is 0 Å². The van der Waals surface area contributed by atoms with Crippen LogP contribution >= 0.6 is 15.9 Å². The molecule has 0 bridgehead atoms. The van der Waals surface area contributed by atoms with E-state index < -0.39 is 0 Å². The summed E-state index contributed by atoms with van der Waals surface area (Å²) in [5.41, 5.74) is 0. The van der Waals surface area contributed by atoms with Gasteiger partial charge in [-0.05, 0) is 12.8 Å². The number of unbranched alkanes of at least 4 members (excludes halogenated alkanes) is 9. The summed E-state index contributed by atoms with van der Waals surface area (Å²) in [7, 11) is 0. The highest BCUT2D eigenvalue weighted by molar-refractivity contribution is 9.09. The van der Waals surface area contributed by atoms with E-state index in [4.69, 9.17) is 5.11 Å². The zero-order chi connectivity index (χ0) is 14.7. The van der Waals surface area contributed by atoms with E-state index in [1.165, 1.54) is 96.3 Å². The lowest BCUT2D eigenvalue weighted by atomic mass is 10.0. The van der Waals surface area contributed by atoms with Gasteiger partial charge < -0.3 is 5.11 Å². The standard InChI is InChI=1S/C12H25BrO.C6H12/c13-11-9-7-5-3-1-2-4-6-8-10-12-14;1-2-4-6-5-3-1/h14H,1-12H2;1-6H2. The normalized spacial score (nSPS) is 14.7. The molecule has 0 unspecified atom stereocenters. The summed E-state index contributed by atoms with van der Waals surface area (Å²) in [6.45, 7) is 0.368. The Morgan fingerprint density at radius 3 is 1.10 bits per heavy atom. The molecule has 0 radical (unpaired) electrons. The van der Waals surface area contributed by atoms with Crippen LogP contribution in [0.4, 0.5) is 0 Å². The van der Waals surface area contributed by atoms with E-state index in [-0.39, 0.29) is 0 Å². The zero-order valence-electron chi connectivity index (χ0n) is 13.6. The molecule has 2 heteroatoms. The van der Waals surface area contributed by atoms with Gasteiger partial charge in [0.25, 0.3) is 0 Å². The van der Waals surface area contributed by atoms with Gasteiger partial charge in [0.2, 0.25) is 0 Å². The first-order valence-electron chi connectivity index (χ1n) is 9.08. The predicted molar refractivity (Wildman–Crippen MR) is 94.8 cm³/mol. The van der Waals surface area contributed by atoms with Crippen LogP contribution in [0.3, 0.4) is 0 Å². The van der Waals surface area contributed by atoms with Crippen molar-refractivity contribution in [2.24, 2.45) is 0 Å². The molecule has 0 aliphatic heterocycles. The van der Waals surface area contributed by atoms with E-state index in [1.807, 2.05) is 0 Å². The lowest BCUT2D eigenvalue weighted by molar-refractivity contribution is 0.282. The first kappa shape index (κ1) is 20.4. The fraction of sp³-hybridized carbons (Fsp3) is 1.00. The average molecular weight is 349 g/mol. The van der Waals surface area contributed by atoms with E-state index >= 15 is 0 Å². The lowest BCUT2D eigenvalue weighted by Gasteiger charge is -2.05. The van der Waals surface area contributed by atoms with Crippen LogP contribution in [0.1, 0.15) is 103 Å². The monoisotopic (exact) mass is 348 g/mol. The second kappa shape index (κ2) is 19.4. The topological polar surface area (TPSA) is 20.2 Å². The molecule has 1 saturated carbocycles. The molecule has 0 saturated heterocycles. The van der Waals surface area contributed by atoms with Crippen LogP contribution in [0, 0.1) is 0 Å². The molecule has 1 nitrogen and oxygen atoms in total. The molecule has 0 heterocycles. The van der Waals surface area contributed by atoms with Crippen LogP contribution in [0.2, 0.25) is 0 Å². The molecule has 20 heavy (non-hydrogen) atoms. The minimum Gasteiger partial charge on any atom is -0.396 e. The van der Waals surface area contributed by atoms with Crippen LogP contribution in [0.5, 0.6) is 0 Å². The van der Waals surface area contributed by atoms with Crippen LogP contribution in [-0.2, 0) is 0 Å². The van der Waals surface area contributed by atoms with Gasteiger partial charge in [-0.1, -0.05) is 106 Å². The van der Waals surface area contributed by atoms with E-state index in [1.54, 1.807) is 0 Å². The third-order valence-electron chi connectivity index (χ3n) is 4.04. The number of aliphatic hydroxyl groups excluding tert-OH is 1. The molecule has 0 aromatic rings. The van der Waals surface area contributed by atoms with Crippen molar-refractivity contribution in [1.82, 2.24) is 0 Å². The highest BCUT2D eigenvalue weighted by Crippen LogP contribution is 2.15. The quantitative estimate of drug-likeness (QED) is 0.328. The summed E-state index contributed by atoms with van der Waals surface area (Å²) < 4.78 is 0. The van der Waals surface area contributed by atoms with Gasteiger partial charge in [0, 0.05) is 11.9 Å². The number of aliphatic hydroxyl groups is 1. The van der Waals surface area contributed by atoms with Crippen LogP contribution in [-0.4, -0.2) is 17.0 Å². The van der Waals surface area contributed by atoms with Gasteiger partial charge in [-0.3, -0.25) is 0 Å². The Morgan fingerprint density at radius 2 is 0.800 bits per heavy atom. The SMILES string of the molecule is C1CCCCC1.OCCCCCCCCCCCCBr. The lowest BCUT2D eigenvalue weighted by Crippen LogP contribution is -1.85. The maximum Gasteiger partial charge on any atom is 0.0431 e. The Labute approximate surface area is 136 Å². The summed E-state index contributed by atoms with van der Waals surface area (Å²) in [6, 6.07) is 0. The van der Waals surface area contributed by atoms with E-state index in [0.29, 0.717) is 6.61 Å². The van der Waals surface area contributed by atoms with Crippen molar-refractivity contribution in [3.63, 3.8) is 0 Å². The van der Waals surface area contributed by atoms with Crippen molar-refractivity contribution in [2.75, 3.05) is 11.9 Å². The van der Waals surface area contributed by atoms with Crippen molar-refractivity contribution in [2.45, 2.75) is 103 Å². The summed E-state index contributed by atoms with van der Waals surface area (Å²) >= 11 is 3.45. The van der Waals surface area contributed by atoms with Gasteiger partial charge in [0.1, 0.15) is 0 Å². The number of halogens is 1. The molecule has 1 N–H and O–H groups in total. The number of hydrogen-bond donors (Lipinski definition) is 1. The predicted octanol–water partition coefficient (Wildman–Crippen LogP) is 6.62. The maximum atomic E-state index is 8.59. The highest BCUT2D eigenvalue weighted by atomic mass is 79.9. The minimum atomic E-state index is 0.368. The Hall–Kier alpha value is 0.440. The molecule has 0 amide bonds. The van der Waals surface area contributed by atoms with Crippen molar-refractivity contribution in [3.05, 3.63) is 0 Å². The molecule has 1 rings (SSSR count). The molecular weight excluding hydrogens is 312 g/mol. The van der Waals surface area contributed by atoms with E-state index in [2.05, 4.69) is 15.9 Å². The number of hydrogen-bond acceptors (Lipinski definition) is 1. The van der Waals surface area contributed by atoms with Gasteiger partial charge in [-0.2, -0.15) is 0 Å². The molecule has 0 spiro atoms. The summed E-state index contributed by atoms with van der Waals surface area (Å²) in [5, 5.41) is 9.75. The third-order valence-corrected chi connectivity index (χ3v) is 4.60. The zero-order valence-corrected chi connectivity index (χ0v) is 15.1. The van der Waals surface area contributed by atoms with Crippen molar-refractivity contribution < 1.29 is 5.11 Å². The molecule has 0 atom stereocenters. The first-order chi connectivity index (χ1) is 9.91. The second-order valence-corrected chi connectivity index (χ2v) is 6.86. The second-order valence-electron chi connectivity index (χ2n) is 6.07. The van der Waals surface area contributed by atoms with Gasteiger partial charge in [-0.25, -0.2) is 0 Å². The van der Waals surface area contributed by atoms with Crippen LogP contribution in [0.15, 0.2) is 0 Å². The molecular formula is C18H37BrO.